The van der Waals surface area contributed by atoms with E-state index in [0.29, 0.717) is 28.0 Å². The maximum atomic E-state index is 6.24. The van der Waals surface area contributed by atoms with Crippen LogP contribution in [0.3, 0.4) is 0 Å². The van der Waals surface area contributed by atoms with Crippen LogP contribution in [0.4, 0.5) is 17.1 Å². The molecule has 1 N–H and O–H groups in total. The zero-order chi connectivity index (χ0) is 14.1. The molecular weight excluding hydrogens is 315 g/mol. The molecule has 4 nitrogen and oxygen atoms in total. The van der Waals surface area contributed by atoms with Crippen molar-refractivity contribution in [3.05, 3.63) is 45.7 Å². The van der Waals surface area contributed by atoms with Crippen molar-refractivity contribution >= 4 is 51.6 Å². The molecule has 0 saturated carbocycles. The lowest BCUT2D eigenvalue weighted by atomic mass is 10.2. The average molecular weight is 325 g/mol. The highest BCUT2D eigenvalue weighted by Crippen LogP contribution is 2.47. The molecule has 0 aliphatic carbocycles. The van der Waals surface area contributed by atoms with Gasteiger partial charge in [-0.1, -0.05) is 29.3 Å². The van der Waals surface area contributed by atoms with Crippen LogP contribution >= 0.6 is 23.2 Å². The first-order valence-electron chi connectivity index (χ1n) is 5.90. The predicted molar refractivity (Wildman–Crippen MR) is 84.3 cm³/mol. The molecule has 0 fully saturated rings. The lowest BCUT2D eigenvalue weighted by Gasteiger charge is -2.12. The molecule has 2 aromatic rings. The first-order chi connectivity index (χ1) is 9.65. The van der Waals surface area contributed by atoms with Gasteiger partial charge in [0.25, 0.3) is 0 Å². The highest BCUT2D eigenvalue weighted by molar-refractivity contribution is 7.58. The fourth-order valence-electron chi connectivity index (χ4n) is 1.95. The van der Waals surface area contributed by atoms with Gasteiger partial charge >= 0.3 is 0 Å². The van der Waals surface area contributed by atoms with Gasteiger partial charge in [-0.25, -0.2) is 0 Å². The molecule has 1 aromatic carbocycles. The first-order valence-corrected chi connectivity index (χ1v) is 7.38. The molecule has 2 heterocycles. The largest absolute Gasteiger partial charge is 0.378 e. The van der Waals surface area contributed by atoms with Gasteiger partial charge in [-0.05, 0) is 24.1 Å². The standard InChI is InChI=1S/C13H10Cl2N4S/c1-7-2-8(5-16-4-7)6-17-11-9(14)3-10(15)12-13(11)19-20-18-12/h2-5,17H,6H2,1H3. The minimum atomic E-state index is 0.515. The number of nitrogens with one attached hydrogen (secondary N) is 1. The summed E-state index contributed by atoms with van der Waals surface area (Å²) < 4.78 is 8.43. The van der Waals surface area contributed by atoms with Crippen LogP contribution in [-0.4, -0.2) is 4.98 Å². The molecule has 0 bridgehead atoms. The van der Waals surface area contributed by atoms with Crippen molar-refractivity contribution in [1.29, 1.82) is 0 Å². The van der Waals surface area contributed by atoms with Crippen LogP contribution in [0.1, 0.15) is 11.1 Å². The summed E-state index contributed by atoms with van der Waals surface area (Å²) in [5.74, 6) is 0. The van der Waals surface area contributed by atoms with Gasteiger partial charge in [-0.2, -0.15) is 8.73 Å². The summed E-state index contributed by atoms with van der Waals surface area (Å²) in [5, 5.41) is 4.34. The predicted octanol–water partition coefficient (Wildman–Crippen LogP) is 5.04. The van der Waals surface area contributed by atoms with E-state index >= 15 is 0 Å². The normalized spacial score (nSPS) is 12.2. The van der Waals surface area contributed by atoms with E-state index in [1.165, 1.54) is 0 Å². The molecule has 20 heavy (non-hydrogen) atoms. The van der Waals surface area contributed by atoms with E-state index < -0.39 is 0 Å². The van der Waals surface area contributed by atoms with Crippen LogP contribution in [0, 0.1) is 6.92 Å². The van der Waals surface area contributed by atoms with Crippen LogP contribution in [0.15, 0.2) is 33.3 Å². The Hall–Kier alpha value is -1.43. The second-order valence-electron chi connectivity index (χ2n) is 4.40. The van der Waals surface area contributed by atoms with E-state index in [2.05, 4.69) is 25.1 Å². The molecule has 1 aliphatic heterocycles. The van der Waals surface area contributed by atoms with E-state index in [4.69, 9.17) is 23.2 Å². The van der Waals surface area contributed by atoms with Gasteiger partial charge in [-0.3, -0.25) is 4.98 Å². The molecule has 0 saturated heterocycles. The van der Waals surface area contributed by atoms with Crippen molar-refractivity contribution in [3.8, 4) is 0 Å². The van der Waals surface area contributed by atoms with Crippen molar-refractivity contribution in [2.24, 2.45) is 8.73 Å². The Morgan fingerprint density at radius 1 is 1.10 bits per heavy atom. The zero-order valence-electron chi connectivity index (χ0n) is 10.5. The molecule has 0 unspecified atom stereocenters. The highest BCUT2D eigenvalue weighted by atomic mass is 35.5. The molecule has 0 amide bonds. The maximum Gasteiger partial charge on any atom is 0.130 e. The highest BCUT2D eigenvalue weighted by Gasteiger charge is 2.18. The van der Waals surface area contributed by atoms with E-state index in [1.807, 2.05) is 19.3 Å². The minimum absolute atomic E-state index is 0.515. The van der Waals surface area contributed by atoms with Crippen LogP contribution in [0.5, 0.6) is 0 Å². The lowest BCUT2D eigenvalue weighted by molar-refractivity contribution is 1.10. The van der Waals surface area contributed by atoms with Gasteiger partial charge in [0.05, 0.1) is 27.1 Å². The Morgan fingerprint density at radius 3 is 2.70 bits per heavy atom. The number of aryl methyl sites for hydroxylation is 1. The van der Waals surface area contributed by atoms with Crippen molar-refractivity contribution in [1.82, 2.24) is 4.98 Å². The van der Waals surface area contributed by atoms with Crippen LogP contribution < -0.4 is 5.32 Å². The Balaban J connectivity index is 1.89. The smallest absolute Gasteiger partial charge is 0.130 e. The summed E-state index contributed by atoms with van der Waals surface area (Å²) in [6, 6.07) is 3.75. The quantitative estimate of drug-likeness (QED) is 0.734. The number of pyridine rings is 1. The van der Waals surface area contributed by atoms with Gasteiger partial charge in [0.15, 0.2) is 0 Å². The Kier molecular flexibility index (Phi) is 3.74. The molecule has 1 aliphatic rings. The van der Waals surface area contributed by atoms with Crippen LogP contribution in [0.25, 0.3) is 0 Å². The van der Waals surface area contributed by atoms with Gasteiger partial charge in [0, 0.05) is 18.9 Å². The summed E-state index contributed by atoms with van der Waals surface area (Å²) in [6.45, 7) is 2.62. The number of aromatic nitrogens is 1. The number of anilines is 1. The van der Waals surface area contributed by atoms with Gasteiger partial charge in [0.1, 0.15) is 11.4 Å². The second-order valence-corrected chi connectivity index (χ2v) is 5.74. The average Bonchev–Trinajstić information content (AvgIpc) is 2.88. The Labute approximate surface area is 130 Å². The molecule has 0 spiro atoms. The lowest BCUT2D eigenvalue weighted by Crippen LogP contribution is -2.01. The SMILES string of the molecule is Cc1cncc(CNc2c(Cl)cc(Cl)c3c2N=S=N3)c1. The first kappa shape index (κ1) is 13.5. The fraction of sp³-hybridized carbons (Fsp3) is 0.154. The van der Waals surface area contributed by atoms with E-state index in [-0.39, 0.29) is 0 Å². The second kappa shape index (κ2) is 5.52. The number of hydrogen-bond donors (Lipinski definition) is 1. The van der Waals surface area contributed by atoms with E-state index in [0.717, 1.165) is 28.2 Å². The fourth-order valence-corrected chi connectivity index (χ4v) is 3.13. The third kappa shape index (κ3) is 2.57. The maximum absolute atomic E-state index is 6.24. The zero-order valence-corrected chi connectivity index (χ0v) is 12.9. The number of nitrogens with zero attached hydrogens (tertiary/aromatic N) is 3. The molecule has 102 valence electrons. The molecule has 1 aromatic heterocycles. The van der Waals surface area contributed by atoms with Crippen LogP contribution in [-0.2, 0) is 17.9 Å². The minimum Gasteiger partial charge on any atom is -0.378 e. The summed E-state index contributed by atoms with van der Waals surface area (Å²) >= 11 is 13.5. The number of benzene rings is 1. The topological polar surface area (TPSA) is 49.6 Å². The Bertz CT molecular complexity index is 754. The molecular formula is C13H10Cl2N4S. The van der Waals surface area contributed by atoms with Gasteiger partial charge < -0.3 is 5.32 Å². The van der Waals surface area contributed by atoms with Crippen LogP contribution in [0.2, 0.25) is 10.0 Å². The number of rotatable bonds is 3. The third-order valence-corrected chi connectivity index (χ3v) is 3.96. The summed E-state index contributed by atoms with van der Waals surface area (Å²) in [7, 11) is 0. The van der Waals surface area contributed by atoms with Crippen molar-refractivity contribution in [2.75, 3.05) is 5.32 Å². The van der Waals surface area contributed by atoms with Gasteiger partial charge in [-0.15, -0.1) is 0 Å². The number of hydrogen-bond acceptors (Lipinski definition) is 4. The third-order valence-electron chi connectivity index (χ3n) is 2.84. The molecule has 3 rings (SSSR count). The Morgan fingerprint density at radius 2 is 1.90 bits per heavy atom. The molecule has 0 atom stereocenters. The van der Waals surface area contributed by atoms with E-state index in [1.54, 1.807) is 6.07 Å². The molecule has 7 heteroatoms. The summed E-state index contributed by atoms with van der Waals surface area (Å²) in [6.07, 6.45) is 3.64. The molecule has 0 radical (unpaired) electrons. The summed E-state index contributed by atoms with van der Waals surface area (Å²) in [5.41, 5.74) is 4.32. The number of halogens is 2. The monoisotopic (exact) mass is 324 g/mol. The van der Waals surface area contributed by atoms with Gasteiger partial charge in [0.2, 0.25) is 0 Å². The number of fused-ring (bicyclic) bond motifs is 1. The van der Waals surface area contributed by atoms with Crippen molar-refractivity contribution < 1.29 is 0 Å². The van der Waals surface area contributed by atoms with Crippen molar-refractivity contribution in [2.45, 2.75) is 13.5 Å². The van der Waals surface area contributed by atoms with E-state index in [9.17, 15) is 0 Å². The van der Waals surface area contributed by atoms with Crippen molar-refractivity contribution in [3.63, 3.8) is 0 Å². The summed E-state index contributed by atoms with van der Waals surface area (Å²) in [4.78, 5) is 4.17.